The fourth-order valence-corrected chi connectivity index (χ4v) is 7.12. The number of ether oxygens (including phenoxy) is 2. The number of pyridine rings is 2. The number of aryl methyl sites for hydroxylation is 4. The molecule has 2 aromatic heterocycles. The maximum atomic E-state index is 6.61. The van der Waals surface area contributed by atoms with Gasteiger partial charge in [0.25, 0.3) is 0 Å². The normalized spacial score (nSPS) is 11.7. The van der Waals surface area contributed by atoms with Crippen LogP contribution in [0, 0.1) is 39.8 Å². The van der Waals surface area contributed by atoms with Crippen LogP contribution in [0.1, 0.15) is 22.3 Å². The number of para-hydroxylation sites is 2. The molecule has 9 rings (SSSR count). The van der Waals surface area contributed by atoms with Gasteiger partial charge in [-0.2, -0.15) is 0 Å². The zero-order chi connectivity index (χ0) is 33.5. The van der Waals surface area contributed by atoms with Gasteiger partial charge >= 0.3 is 0 Å². The Labute approximate surface area is 307 Å². The molecule has 0 amide bonds. The van der Waals surface area contributed by atoms with Crippen LogP contribution in [0.4, 0.5) is 0 Å². The maximum absolute atomic E-state index is 6.61. The van der Waals surface area contributed by atoms with Crippen LogP contribution in [-0.2, 0) is 20.1 Å². The van der Waals surface area contributed by atoms with E-state index in [9.17, 15) is 0 Å². The molecule has 245 valence electrons. The second kappa shape index (κ2) is 13.9. The summed E-state index contributed by atoms with van der Waals surface area (Å²) in [6, 6.07) is 45.5. The second-order valence-electron chi connectivity index (χ2n) is 12.6. The molecular weight excluding hydrogens is 792 g/mol. The van der Waals surface area contributed by atoms with Gasteiger partial charge in [0.1, 0.15) is 11.5 Å². The predicted molar refractivity (Wildman–Crippen MR) is 199 cm³/mol. The molecule has 0 bridgehead atoms. The summed E-state index contributed by atoms with van der Waals surface area (Å²) in [5, 5.41) is 0. The van der Waals surface area contributed by atoms with Crippen LogP contribution in [0.25, 0.3) is 33.6 Å². The van der Waals surface area contributed by atoms with Crippen molar-refractivity contribution in [2.24, 2.45) is 0 Å². The average molecular weight is 825 g/mol. The molecule has 7 aromatic rings. The van der Waals surface area contributed by atoms with Crippen molar-refractivity contribution in [1.82, 2.24) is 9.97 Å². The summed E-state index contributed by atoms with van der Waals surface area (Å²) in [5.41, 5.74) is 14.4. The Kier molecular flexibility index (Phi) is 9.24. The molecule has 0 saturated carbocycles. The smallest absolute Gasteiger partial charge is 0.239 e. The third-order valence-corrected chi connectivity index (χ3v) is 9.22. The number of benzene rings is 5. The van der Waals surface area contributed by atoms with E-state index in [-0.39, 0.29) is 26.8 Å². The Morgan fingerprint density at radius 2 is 1.30 bits per heavy atom. The van der Waals surface area contributed by atoms with Crippen LogP contribution in [0.3, 0.4) is 0 Å². The van der Waals surface area contributed by atoms with Gasteiger partial charge in [0, 0.05) is 44.0 Å². The number of hydrogen-bond donors (Lipinski definition) is 0. The van der Waals surface area contributed by atoms with E-state index in [1.165, 1.54) is 27.8 Å². The Hall–Kier alpha value is -5.29. The van der Waals surface area contributed by atoms with Gasteiger partial charge in [-0.25, -0.2) is 0 Å². The minimum Gasteiger partial charge on any atom is -0.503 e. The molecule has 0 unspecified atom stereocenters. The molecule has 2 aliphatic rings. The second-order valence-corrected chi connectivity index (χ2v) is 12.6. The molecule has 2 aliphatic heterocycles. The van der Waals surface area contributed by atoms with E-state index in [1.807, 2.05) is 79.0 Å². The summed E-state index contributed by atoms with van der Waals surface area (Å²) < 4.78 is 13.0. The van der Waals surface area contributed by atoms with E-state index in [0.717, 1.165) is 67.5 Å². The van der Waals surface area contributed by atoms with Gasteiger partial charge < -0.3 is 19.4 Å². The van der Waals surface area contributed by atoms with Crippen molar-refractivity contribution in [1.29, 1.82) is 0 Å². The van der Waals surface area contributed by atoms with E-state index in [2.05, 4.69) is 87.3 Å². The van der Waals surface area contributed by atoms with Crippen LogP contribution in [0.2, 0.25) is 0 Å². The molecule has 5 aromatic carbocycles. The van der Waals surface area contributed by atoms with Gasteiger partial charge in [-0.15, -0.1) is 48.0 Å². The SMILES string of the molecule is Cc1cc(C)c(-c2cc(-c3[c-]cc4c5c3Oc3ccccc3B5c3ccccc3O4)ncc2C)c(C)c1.[Ir].[c-]1ccccc1-c1ccccn1. The molecule has 4 heterocycles. The van der Waals surface area contributed by atoms with Crippen LogP contribution in [0.15, 0.2) is 128 Å². The summed E-state index contributed by atoms with van der Waals surface area (Å²) in [6.45, 7) is 8.66. The van der Waals surface area contributed by atoms with Gasteiger partial charge in [0.15, 0.2) is 0 Å². The predicted octanol–water partition coefficient (Wildman–Crippen LogP) is 8.72. The van der Waals surface area contributed by atoms with Crippen molar-refractivity contribution in [3.05, 3.63) is 162 Å². The molecule has 0 saturated heterocycles. The minimum atomic E-state index is 0. The standard InChI is InChI=1S/C33H25BNO2.C11H8N.Ir/c1-19-15-20(2)31(21(3)16-19)24-17-27(35-18-22(24)4)23-13-14-30-32-33(23)37-29-12-8-6-10-26(29)34(32)25-9-5-7-11-28(25)36-30;1-2-6-10(7-3-1)11-8-4-5-9-12-11;/h5-12,14-18H,1-4H3;1-6,8-9H;/q2*-1;. The Morgan fingerprint density at radius 3 is 1.98 bits per heavy atom. The van der Waals surface area contributed by atoms with Crippen molar-refractivity contribution in [3.8, 4) is 56.6 Å². The molecule has 0 spiro atoms. The van der Waals surface area contributed by atoms with E-state index in [1.54, 1.807) is 6.20 Å². The van der Waals surface area contributed by atoms with Gasteiger partial charge in [-0.05, 0) is 96.0 Å². The van der Waals surface area contributed by atoms with Gasteiger partial charge in [-0.1, -0.05) is 83.3 Å². The first-order chi connectivity index (χ1) is 24.0. The zero-order valence-corrected chi connectivity index (χ0v) is 30.6. The minimum absolute atomic E-state index is 0. The van der Waals surface area contributed by atoms with Crippen LogP contribution in [-0.4, -0.2) is 16.7 Å². The molecule has 50 heavy (non-hydrogen) atoms. The monoisotopic (exact) mass is 825 g/mol. The van der Waals surface area contributed by atoms with Crippen LogP contribution < -0.4 is 25.9 Å². The van der Waals surface area contributed by atoms with E-state index in [0.29, 0.717) is 0 Å². The van der Waals surface area contributed by atoms with E-state index in [4.69, 9.17) is 14.5 Å². The van der Waals surface area contributed by atoms with Crippen LogP contribution >= 0.6 is 0 Å². The van der Waals surface area contributed by atoms with Crippen molar-refractivity contribution in [2.75, 3.05) is 0 Å². The Balaban J connectivity index is 0.000000255. The number of hydrogen-bond acceptors (Lipinski definition) is 4. The van der Waals surface area contributed by atoms with Crippen molar-refractivity contribution in [3.63, 3.8) is 0 Å². The van der Waals surface area contributed by atoms with Crippen LogP contribution in [0.5, 0.6) is 23.0 Å². The number of nitrogens with zero attached hydrogens (tertiary/aromatic N) is 2. The van der Waals surface area contributed by atoms with Crippen molar-refractivity contribution < 1.29 is 29.6 Å². The van der Waals surface area contributed by atoms with Gasteiger partial charge in [0.2, 0.25) is 6.71 Å². The molecule has 0 N–H and O–H groups in total. The molecule has 0 fully saturated rings. The number of rotatable bonds is 3. The Morgan fingerprint density at radius 1 is 0.620 bits per heavy atom. The topological polar surface area (TPSA) is 44.2 Å². The quantitative estimate of drug-likeness (QED) is 0.132. The summed E-state index contributed by atoms with van der Waals surface area (Å²) in [5.74, 6) is 3.30. The number of fused-ring (bicyclic) bond motifs is 4. The largest absolute Gasteiger partial charge is 0.503 e. The van der Waals surface area contributed by atoms with Crippen molar-refractivity contribution in [2.45, 2.75) is 27.7 Å². The van der Waals surface area contributed by atoms with Gasteiger partial charge in [0.05, 0.1) is 0 Å². The summed E-state index contributed by atoms with van der Waals surface area (Å²) in [7, 11) is 0. The first-order valence-corrected chi connectivity index (χ1v) is 16.5. The first-order valence-electron chi connectivity index (χ1n) is 16.5. The zero-order valence-electron chi connectivity index (χ0n) is 28.2. The third-order valence-electron chi connectivity index (χ3n) is 9.22. The average Bonchev–Trinajstić information content (AvgIpc) is 3.13. The first kappa shape index (κ1) is 33.2. The fourth-order valence-electron chi connectivity index (χ4n) is 7.12. The third kappa shape index (κ3) is 6.06. The molecule has 0 aliphatic carbocycles. The number of aromatic nitrogens is 2. The fraction of sp³-hybridized carbons (Fsp3) is 0.0909. The molecule has 1 radical (unpaired) electrons. The summed E-state index contributed by atoms with van der Waals surface area (Å²) >= 11 is 0. The van der Waals surface area contributed by atoms with E-state index >= 15 is 0 Å². The molecular formula is C44H33BIrN2O2-2. The maximum Gasteiger partial charge on any atom is 0.239 e. The van der Waals surface area contributed by atoms with E-state index < -0.39 is 0 Å². The van der Waals surface area contributed by atoms with Crippen molar-refractivity contribution >= 4 is 23.1 Å². The molecule has 6 heteroatoms. The van der Waals surface area contributed by atoms with Gasteiger partial charge in [-0.3, -0.25) is 0 Å². The summed E-state index contributed by atoms with van der Waals surface area (Å²) in [4.78, 5) is 9.08. The Bertz CT molecular complexity index is 2270. The summed E-state index contributed by atoms with van der Waals surface area (Å²) in [6.07, 6.45) is 3.75. The molecule has 4 nitrogen and oxygen atoms in total. The molecule has 0 atom stereocenters.